The Labute approximate surface area is 122 Å². The molecule has 1 N–H and O–H groups in total. The fraction of sp³-hybridized carbons (Fsp3) is 0.588. The maximum absolute atomic E-state index is 12.4. The lowest BCUT2D eigenvalue weighted by atomic mass is 10.1. The van der Waals surface area contributed by atoms with Crippen LogP contribution in [0.1, 0.15) is 44.2 Å². The van der Waals surface area contributed by atoms with Crippen LogP contribution >= 0.6 is 0 Å². The molecular weight excluding hydrogens is 248 g/mol. The van der Waals surface area contributed by atoms with Gasteiger partial charge in [-0.05, 0) is 25.3 Å². The predicted molar refractivity (Wildman–Crippen MR) is 82.5 cm³/mol. The van der Waals surface area contributed by atoms with E-state index < -0.39 is 0 Å². The number of benzene rings is 1. The maximum atomic E-state index is 12.4. The Morgan fingerprint density at radius 2 is 1.95 bits per heavy atom. The smallest absolute Gasteiger partial charge is 0.224 e. The highest BCUT2D eigenvalue weighted by molar-refractivity contribution is 5.77. The zero-order valence-electron chi connectivity index (χ0n) is 12.9. The van der Waals surface area contributed by atoms with E-state index >= 15 is 0 Å². The SMILES string of the molecule is Cc1ccc(CN(C(=O)CCNC(C)C)C2CC2)cc1. The molecule has 0 radical (unpaired) electrons. The minimum Gasteiger partial charge on any atom is -0.335 e. The van der Waals surface area contributed by atoms with Crippen LogP contribution in [0.25, 0.3) is 0 Å². The highest BCUT2D eigenvalue weighted by Gasteiger charge is 2.32. The topological polar surface area (TPSA) is 32.3 Å². The molecule has 1 amide bonds. The normalized spacial score (nSPS) is 14.6. The summed E-state index contributed by atoms with van der Waals surface area (Å²) < 4.78 is 0. The molecule has 1 aliphatic rings. The predicted octanol–water partition coefficient (Wildman–Crippen LogP) is 2.87. The molecule has 1 saturated carbocycles. The molecule has 3 nitrogen and oxygen atoms in total. The van der Waals surface area contributed by atoms with Crippen LogP contribution in [-0.4, -0.2) is 29.4 Å². The van der Waals surface area contributed by atoms with Crippen LogP contribution in [-0.2, 0) is 11.3 Å². The highest BCUT2D eigenvalue weighted by Crippen LogP contribution is 2.29. The molecule has 0 unspecified atom stereocenters. The molecule has 0 spiro atoms. The summed E-state index contributed by atoms with van der Waals surface area (Å²) in [7, 11) is 0. The Kier molecular flexibility index (Phi) is 5.18. The molecule has 1 fully saturated rings. The number of rotatable bonds is 7. The lowest BCUT2D eigenvalue weighted by Crippen LogP contribution is -2.35. The summed E-state index contributed by atoms with van der Waals surface area (Å²) in [6.07, 6.45) is 2.92. The van der Waals surface area contributed by atoms with E-state index in [1.54, 1.807) is 0 Å². The fourth-order valence-corrected chi connectivity index (χ4v) is 2.31. The van der Waals surface area contributed by atoms with E-state index in [9.17, 15) is 4.79 Å². The number of carbonyl (C=O) groups excluding carboxylic acids is 1. The standard InChI is InChI=1S/C17H26N2O/c1-13(2)18-11-10-17(20)19(16-8-9-16)12-15-6-4-14(3)5-7-15/h4-7,13,16,18H,8-12H2,1-3H3. The van der Waals surface area contributed by atoms with Gasteiger partial charge in [0.2, 0.25) is 5.91 Å². The highest BCUT2D eigenvalue weighted by atomic mass is 16.2. The number of amides is 1. The lowest BCUT2D eigenvalue weighted by Gasteiger charge is -2.23. The molecule has 20 heavy (non-hydrogen) atoms. The van der Waals surface area contributed by atoms with Gasteiger partial charge in [-0.25, -0.2) is 0 Å². The summed E-state index contributed by atoms with van der Waals surface area (Å²) in [4.78, 5) is 14.4. The van der Waals surface area contributed by atoms with Crippen molar-refractivity contribution in [1.29, 1.82) is 0 Å². The van der Waals surface area contributed by atoms with Crippen LogP contribution < -0.4 is 5.32 Å². The van der Waals surface area contributed by atoms with E-state index in [-0.39, 0.29) is 5.91 Å². The second-order valence-electron chi connectivity index (χ2n) is 6.10. The third kappa shape index (κ3) is 4.64. The Balaban J connectivity index is 1.89. The minimum absolute atomic E-state index is 0.279. The molecule has 0 heterocycles. The van der Waals surface area contributed by atoms with Gasteiger partial charge in [-0.15, -0.1) is 0 Å². The second kappa shape index (κ2) is 6.89. The largest absolute Gasteiger partial charge is 0.335 e. The van der Waals surface area contributed by atoms with Crippen molar-refractivity contribution in [2.45, 2.75) is 58.7 Å². The van der Waals surface area contributed by atoms with Gasteiger partial charge in [-0.3, -0.25) is 4.79 Å². The first-order chi connectivity index (χ1) is 9.56. The van der Waals surface area contributed by atoms with Gasteiger partial charge in [0.05, 0.1) is 0 Å². The monoisotopic (exact) mass is 274 g/mol. The summed E-state index contributed by atoms with van der Waals surface area (Å²) in [5.41, 5.74) is 2.49. The number of carbonyl (C=O) groups is 1. The molecule has 0 atom stereocenters. The van der Waals surface area contributed by atoms with Crippen LogP contribution in [0.5, 0.6) is 0 Å². The average Bonchev–Trinajstić information content (AvgIpc) is 3.21. The van der Waals surface area contributed by atoms with E-state index in [4.69, 9.17) is 0 Å². The number of hydrogen-bond acceptors (Lipinski definition) is 2. The van der Waals surface area contributed by atoms with E-state index in [0.29, 0.717) is 18.5 Å². The number of hydrogen-bond donors (Lipinski definition) is 1. The first-order valence-electron chi connectivity index (χ1n) is 7.64. The zero-order valence-corrected chi connectivity index (χ0v) is 12.9. The third-order valence-electron chi connectivity index (χ3n) is 3.67. The summed E-state index contributed by atoms with van der Waals surface area (Å²) >= 11 is 0. The van der Waals surface area contributed by atoms with Gasteiger partial charge in [0.1, 0.15) is 0 Å². The molecule has 1 aromatic carbocycles. The van der Waals surface area contributed by atoms with Crippen molar-refractivity contribution in [2.75, 3.05) is 6.54 Å². The molecule has 2 rings (SSSR count). The number of nitrogens with one attached hydrogen (secondary N) is 1. The molecule has 0 saturated heterocycles. The molecule has 1 aliphatic carbocycles. The minimum atomic E-state index is 0.279. The van der Waals surface area contributed by atoms with E-state index in [0.717, 1.165) is 25.9 Å². The molecular formula is C17H26N2O. The third-order valence-corrected chi connectivity index (χ3v) is 3.67. The molecule has 3 heteroatoms. The molecule has 1 aromatic rings. The van der Waals surface area contributed by atoms with Crippen molar-refractivity contribution in [1.82, 2.24) is 10.2 Å². The van der Waals surface area contributed by atoms with Crippen LogP contribution in [0.4, 0.5) is 0 Å². The summed E-state index contributed by atoms with van der Waals surface area (Å²) in [6, 6.07) is 9.41. The van der Waals surface area contributed by atoms with E-state index in [1.807, 2.05) is 0 Å². The van der Waals surface area contributed by atoms with Crippen molar-refractivity contribution in [3.63, 3.8) is 0 Å². The van der Waals surface area contributed by atoms with Gasteiger partial charge in [-0.1, -0.05) is 43.7 Å². The summed E-state index contributed by atoms with van der Waals surface area (Å²) in [5, 5.41) is 3.31. The second-order valence-corrected chi connectivity index (χ2v) is 6.10. The average molecular weight is 274 g/mol. The van der Waals surface area contributed by atoms with Crippen molar-refractivity contribution in [3.8, 4) is 0 Å². The number of nitrogens with zero attached hydrogens (tertiary/aromatic N) is 1. The maximum Gasteiger partial charge on any atom is 0.224 e. The van der Waals surface area contributed by atoms with E-state index in [1.165, 1.54) is 11.1 Å². The Bertz CT molecular complexity index is 435. The Morgan fingerprint density at radius 3 is 2.50 bits per heavy atom. The molecule has 110 valence electrons. The van der Waals surface area contributed by atoms with Crippen LogP contribution in [0.3, 0.4) is 0 Å². The Hall–Kier alpha value is -1.35. The van der Waals surface area contributed by atoms with Crippen molar-refractivity contribution in [3.05, 3.63) is 35.4 Å². The number of aryl methyl sites for hydroxylation is 1. The van der Waals surface area contributed by atoms with Crippen molar-refractivity contribution >= 4 is 5.91 Å². The first-order valence-corrected chi connectivity index (χ1v) is 7.64. The summed E-state index contributed by atoms with van der Waals surface area (Å²) in [6.45, 7) is 7.83. The summed E-state index contributed by atoms with van der Waals surface area (Å²) in [5.74, 6) is 0.279. The van der Waals surface area contributed by atoms with E-state index in [2.05, 4.69) is 55.3 Å². The van der Waals surface area contributed by atoms with Gasteiger partial charge < -0.3 is 10.2 Å². The van der Waals surface area contributed by atoms with Crippen molar-refractivity contribution in [2.24, 2.45) is 0 Å². The first kappa shape index (κ1) is 15.0. The van der Waals surface area contributed by atoms with Gasteiger partial charge in [0, 0.05) is 31.6 Å². The zero-order chi connectivity index (χ0) is 14.5. The Morgan fingerprint density at radius 1 is 1.30 bits per heavy atom. The molecule has 0 bridgehead atoms. The fourth-order valence-electron chi connectivity index (χ4n) is 2.31. The lowest BCUT2D eigenvalue weighted by molar-refractivity contribution is -0.132. The van der Waals surface area contributed by atoms with Crippen LogP contribution in [0, 0.1) is 6.92 Å². The van der Waals surface area contributed by atoms with Gasteiger partial charge in [0.15, 0.2) is 0 Å². The van der Waals surface area contributed by atoms with Crippen LogP contribution in [0.2, 0.25) is 0 Å². The van der Waals surface area contributed by atoms with Crippen molar-refractivity contribution < 1.29 is 4.79 Å². The molecule has 0 aromatic heterocycles. The van der Waals surface area contributed by atoms with Crippen LogP contribution in [0.15, 0.2) is 24.3 Å². The van der Waals surface area contributed by atoms with Gasteiger partial charge in [0.25, 0.3) is 0 Å². The van der Waals surface area contributed by atoms with Gasteiger partial charge >= 0.3 is 0 Å². The molecule has 0 aliphatic heterocycles. The quantitative estimate of drug-likeness (QED) is 0.829. The van der Waals surface area contributed by atoms with Gasteiger partial charge in [-0.2, -0.15) is 0 Å².